The lowest BCUT2D eigenvalue weighted by atomic mass is 9.96. The predicted octanol–water partition coefficient (Wildman–Crippen LogP) is 3.75. The van der Waals surface area contributed by atoms with Crippen molar-refractivity contribution < 1.29 is 14.3 Å². The summed E-state index contributed by atoms with van der Waals surface area (Å²) in [6.07, 6.45) is 0.743. The lowest BCUT2D eigenvalue weighted by Crippen LogP contribution is -2.44. The number of benzene rings is 2. The lowest BCUT2D eigenvalue weighted by Gasteiger charge is -2.29. The highest BCUT2D eigenvalue weighted by Gasteiger charge is 2.27. The van der Waals surface area contributed by atoms with E-state index in [1.54, 1.807) is 20.3 Å². The number of carbonyl (C=O) groups is 1. The number of hydrogen-bond acceptors (Lipinski definition) is 3. The van der Waals surface area contributed by atoms with E-state index in [0.717, 1.165) is 23.3 Å². The molecule has 0 spiro atoms. The number of hydrogen-bond donors (Lipinski definition) is 2. The Morgan fingerprint density at radius 1 is 1.12 bits per heavy atom. The van der Waals surface area contributed by atoms with Crippen molar-refractivity contribution in [2.24, 2.45) is 0 Å². The van der Waals surface area contributed by atoms with Crippen LogP contribution in [0.2, 0.25) is 5.02 Å². The first-order chi connectivity index (χ1) is 12.5. The van der Waals surface area contributed by atoms with Gasteiger partial charge < -0.3 is 20.1 Å². The van der Waals surface area contributed by atoms with Gasteiger partial charge in [-0.3, -0.25) is 0 Å². The van der Waals surface area contributed by atoms with Gasteiger partial charge in [0.05, 0.1) is 13.7 Å². The highest BCUT2D eigenvalue weighted by Crippen LogP contribution is 2.26. The molecule has 0 aliphatic heterocycles. The molecule has 2 aromatic carbocycles. The molecule has 0 fully saturated rings. The Morgan fingerprint density at radius 2 is 1.85 bits per heavy atom. The first-order valence-corrected chi connectivity index (χ1v) is 8.80. The Morgan fingerprint density at radius 3 is 2.46 bits per heavy atom. The highest BCUT2D eigenvalue weighted by molar-refractivity contribution is 6.30. The van der Waals surface area contributed by atoms with Gasteiger partial charge in [0.1, 0.15) is 11.4 Å². The quantitative estimate of drug-likeness (QED) is 0.737. The van der Waals surface area contributed by atoms with E-state index >= 15 is 0 Å². The largest absolute Gasteiger partial charge is 0.497 e. The molecule has 2 aromatic rings. The second kappa shape index (κ2) is 9.46. The average molecular weight is 377 g/mol. The Bertz CT molecular complexity index is 721. The fourth-order valence-corrected chi connectivity index (χ4v) is 2.72. The summed E-state index contributed by atoms with van der Waals surface area (Å²) in [6, 6.07) is 15.0. The molecule has 0 aliphatic carbocycles. The number of urea groups is 1. The molecule has 26 heavy (non-hydrogen) atoms. The van der Waals surface area contributed by atoms with Gasteiger partial charge in [0, 0.05) is 18.7 Å². The van der Waals surface area contributed by atoms with Crippen molar-refractivity contribution in [3.05, 3.63) is 64.7 Å². The molecule has 0 radical (unpaired) electrons. The number of ether oxygens (including phenoxy) is 2. The van der Waals surface area contributed by atoms with Crippen LogP contribution >= 0.6 is 11.6 Å². The number of halogens is 1. The molecule has 0 aromatic heterocycles. The first-order valence-electron chi connectivity index (χ1n) is 8.42. The molecule has 0 aliphatic rings. The van der Waals surface area contributed by atoms with E-state index in [9.17, 15) is 4.79 Å². The van der Waals surface area contributed by atoms with Crippen LogP contribution in [0.25, 0.3) is 0 Å². The van der Waals surface area contributed by atoms with Crippen LogP contribution in [0.3, 0.4) is 0 Å². The minimum atomic E-state index is -0.655. The van der Waals surface area contributed by atoms with Gasteiger partial charge in [0.2, 0.25) is 0 Å². The Labute approximate surface area is 159 Å². The lowest BCUT2D eigenvalue weighted by molar-refractivity contribution is 0.00489. The summed E-state index contributed by atoms with van der Waals surface area (Å²) < 4.78 is 10.7. The summed E-state index contributed by atoms with van der Waals surface area (Å²) in [7, 11) is 3.25. The van der Waals surface area contributed by atoms with E-state index in [2.05, 4.69) is 10.6 Å². The number of nitrogens with one attached hydrogen (secondary N) is 2. The SMILES string of the molecule is COc1ccc(CCNC(=O)NCC(C)(OC)c2cccc(Cl)c2)cc1. The van der Waals surface area contributed by atoms with Crippen LogP contribution in [0, 0.1) is 0 Å². The van der Waals surface area contributed by atoms with E-state index in [4.69, 9.17) is 21.1 Å². The number of methoxy groups -OCH3 is 2. The minimum absolute atomic E-state index is 0.233. The Kier molecular flexibility index (Phi) is 7.30. The highest BCUT2D eigenvalue weighted by atomic mass is 35.5. The van der Waals surface area contributed by atoms with Crippen LogP contribution in [-0.4, -0.2) is 33.3 Å². The molecule has 2 rings (SSSR count). The number of carbonyl (C=O) groups excluding carboxylic acids is 1. The van der Waals surface area contributed by atoms with Gasteiger partial charge in [-0.05, 0) is 48.7 Å². The van der Waals surface area contributed by atoms with Crippen molar-refractivity contribution in [1.82, 2.24) is 10.6 Å². The third kappa shape index (κ3) is 5.64. The summed E-state index contributed by atoms with van der Waals surface area (Å²) in [4.78, 5) is 12.1. The van der Waals surface area contributed by atoms with Gasteiger partial charge in [-0.25, -0.2) is 4.79 Å². The molecule has 2 amide bonds. The van der Waals surface area contributed by atoms with E-state index in [-0.39, 0.29) is 6.03 Å². The number of amides is 2. The van der Waals surface area contributed by atoms with Crippen LogP contribution in [0.1, 0.15) is 18.1 Å². The first kappa shape index (κ1) is 20.1. The van der Waals surface area contributed by atoms with Gasteiger partial charge in [0.15, 0.2) is 0 Å². The maximum absolute atomic E-state index is 12.1. The third-order valence-corrected chi connectivity index (χ3v) is 4.57. The van der Waals surface area contributed by atoms with Gasteiger partial charge in [-0.15, -0.1) is 0 Å². The molecule has 1 atom stereocenters. The zero-order valence-electron chi connectivity index (χ0n) is 15.3. The monoisotopic (exact) mass is 376 g/mol. The maximum Gasteiger partial charge on any atom is 0.314 e. The Balaban J connectivity index is 1.81. The van der Waals surface area contributed by atoms with E-state index in [0.29, 0.717) is 18.1 Å². The fourth-order valence-electron chi connectivity index (χ4n) is 2.53. The molecule has 2 N–H and O–H groups in total. The topological polar surface area (TPSA) is 59.6 Å². The van der Waals surface area contributed by atoms with Gasteiger partial charge in [-0.2, -0.15) is 0 Å². The van der Waals surface area contributed by atoms with Crippen molar-refractivity contribution in [1.29, 1.82) is 0 Å². The zero-order chi connectivity index (χ0) is 19.0. The molecular weight excluding hydrogens is 352 g/mol. The second-order valence-corrected chi connectivity index (χ2v) is 6.59. The minimum Gasteiger partial charge on any atom is -0.497 e. The normalized spacial score (nSPS) is 12.9. The Hall–Kier alpha value is -2.24. The fraction of sp³-hybridized carbons (Fsp3) is 0.350. The summed E-state index contributed by atoms with van der Waals surface area (Å²) in [5.41, 5.74) is 1.39. The van der Waals surface area contributed by atoms with Crippen LogP contribution in [0.4, 0.5) is 4.79 Å². The molecule has 140 valence electrons. The smallest absolute Gasteiger partial charge is 0.314 e. The van der Waals surface area contributed by atoms with E-state index < -0.39 is 5.60 Å². The second-order valence-electron chi connectivity index (χ2n) is 6.15. The molecule has 0 saturated carbocycles. The van der Waals surface area contributed by atoms with Gasteiger partial charge >= 0.3 is 6.03 Å². The number of rotatable bonds is 8. The average Bonchev–Trinajstić information content (AvgIpc) is 2.66. The molecule has 0 bridgehead atoms. The standard InChI is InChI=1S/C20H25ClN2O3/c1-20(26-3,16-5-4-6-17(21)13-16)14-23-19(24)22-12-11-15-7-9-18(25-2)10-8-15/h4-10,13H,11-12,14H2,1-3H3,(H2,22,23,24). The van der Waals surface area contributed by atoms with Gasteiger partial charge in [0.25, 0.3) is 0 Å². The predicted molar refractivity (Wildman–Crippen MR) is 104 cm³/mol. The van der Waals surface area contributed by atoms with Crippen LogP contribution in [-0.2, 0) is 16.8 Å². The molecule has 1 unspecified atom stereocenters. The molecule has 0 saturated heterocycles. The van der Waals surface area contributed by atoms with Crippen LogP contribution in [0.5, 0.6) is 5.75 Å². The van der Waals surface area contributed by atoms with Crippen LogP contribution < -0.4 is 15.4 Å². The molecule has 0 heterocycles. The summed E-state index contributed by atoms with van der Waals surface area (Å²) >= 11 is 6.05. The molecular formula is C20H25ClN2O3. The summed E-state index contributed by atoms with van der Waals surface area (Å²) in [6.45, 7) is 2.79. The summed E-state index contributed by atoms with van der Waals surface area (Å²) in [5, 5.41) is 6.35. The summed E-state index contributed by atoms with van der Waals surface area (Å²) in [5.74, 6) is 0.819. The van der Waals surface area contributed by atoms with Crippen molar-refractivity contribution in [2.75, 3.05) is 27.3 Å². The van der Waals surface area contributed by atoms with Crippen molar-refractivity contribution in [3.8, 4) is 5.75 Å². The molecule has 5 nitrogen and oxygen atoms in total. The van der Waals surface area contributed by atoms with Crippen molar-refractivity contribution in [2.45, 2.75) is 18.9 Å². The maximum atomic E-state index is 12.1. The van der Waals surface area contributed by atoms with Gasteiger partial charge in [-0.1, -0.05) is 35.9 Å². The van der Waals surface area contributed by atoms with Crippen molar-refractivity contribution in [3.63, 3.8) is 0 Å². The third-order valence-electron chi connectivity index (χ3n) is 4.33. The zero-order valence-corrected chi connectivity index (χ0v) is 16.1. The van der Waals surface area contributed by atoms with E-state index in [1.807, 2.05) is 49.4 Å². The van der Waals surface area contributed by atoms with E-state index in [1.165, 1.54) is 0 Å². The van der Waals surface area contributed by atoms with Crippen LogP contribution in [0.15, 0.2) is 48.5 Å². The molecule has 6 heteroatoms. The van der Waals surface area contributed by atoms with Crippen molar-refractivity contribution >= 4 is 17.6 Å².